The molecule has 1 saturated heterocycles. The zero-order valence-electron chi connectivity index (χ0n) is 7.38. The molecule has 2 rings (SSSR count). The molecule has 12 heavy (non-hydrogen) atoms. The van der Waals surface area contributed by atoms with E-state index in [-0.39, 0.29) is 5.91 Å². The van der Waals surface area contributed by atoms with Gasteiger partial charge in [0, 0.05) is 19.5 Å². The van der Waals surface area contributed by atoms with Gasteiger partial charge in [0.15, 0.2) is 0 Å². The number of likely N-dealkylation sites (tertiary alicyclic amines) is 1. The first-order chi connectivity index (χ1) is 5.70. The second kappa shape index (κ2) is 2.73. The van der Waals surface area contributed by atoms with E-state index in [0.717, 1.165) is 6.54 Å². The van der Waals surface area contributed by atoms with Gasteiger partial charge in [0.05, 0.1) is 0 Å². The summed E-state index contributed by atoms with van der Waals surface area (Å²) >= 11 is 0. The standard InChI is InChI=1S/C9H16N2O/c10-8(12)1-5-11-6-4-9(7-11)2-3-9/h1-7H2,(H2,10,12). The van der Waals surface area contributed by atoms with E-state index >= 15 is 0 Å². The van der Waals surface area contributed by atoms with Crippen LogP contribution in [0.15, 0.2) is 0 Å². The van der Waals surface area contributed by atoms with Crippen LogP contribution in [0.2, 0.25) is 0 Å². The molecule has 0 aromatic carbocycles. The number of nitrogens with two attached hydrogens (primary N) is 1. The van der Waals surface area contributed by atoms with Crippen LogP contribution in [0.3, 0.4) is 0 Å². The molecule has 2 fully saturated rings. The first kappa shape index (κ1) is 8.05. The van der Waals surface area contributed by atoms with Crippen LogP contribution in [0.5, 0.6) is 0 Å². The Balaban J connectivity index is 1.73. The van der Waals surface area contributed by atoms with E-state index < -0.39 is 0 Å². The summed E-state index contributed by atoms with van der Waals surface area (Å²) in [7, 11) is 0. The highest BCUT2D eigenvalue weighted by molar-refractivity contribution is 5.73. The van der Waals surface area contributed by atoms with E-state index in [1.807, 2.05) is 0 Å². The van der Waals surface area contributed by atoms with Crippen molar-refractivity contribution in [2.45, 2.75) is 25.7 Å². The highest BCUT2D eigenvalue weighted by Gasteiger charge is 2.47. The summed E-state index contributed by atoms with van der Waals surface area (Å²) in [5.41, 5.74) is 5.77. The lowest BCUT2D eigenvalue weighted by atomic mass is 10.1. The van der Waals surface area contributed by atoms with Crippen molar-refractivity contribution in [1.82, 2.24) is 4.90 Å². The number of hydrogen-bond donors (Lipinski definition) is 1. The first-order valence-corrected chi connectivity index (χ1v) is 4.71. The summed E-state index contributed by atoms with van der Waals surface area (Å²) in [5.74, 6) is -0.174. The number of nitrogens with zero attached hydrogens (tertiary/aromatic N) is 1. The van der Waals surface area contributed by atoms with Gasteiger partial charge in [-0.25, -0.2) is 0 Å². The number of amides is 1. The molecule has 0 aromatic rings. The first-order valence-electron chi connectivity index (χ1n) is 4.71. The van der Waals surface area contributed by atoms with E-state index in [9.17, 15) is 4.79 Å². The Labute approximate surface area is 72.9 Å². The minimum atomic E-state index is -0.174. The molecule has 2 N–H and O–H groups in total. The maximum absolute atomic E-state index is 10.5. The minimum absolute atomic E-state index is 0.174. The third-order valence-corrected chi connectivity index (χ3v) is 3.15. The van der Waals surface area contributed by atoms with Gasteiger partial charge in [-0.15, -0.1) is 0 Å². The molecule has 1 aliphatic heterocycles. The maximum Gasteiger partial charge on any atom is 0.218 e. The average Bonchev–Trinajstić information content (AvgIpc) is 2.60. The SMILES string of the molecule is NC(=O)CCN1CCC2(CC2)C1. The summed E-state index contributed by atoms with van der Waals surface area (Å²) < 4.78 is 0. The van der Waals surface area contributed by atoms with Crippen molar-refractivity contribution < 1.29 is 4.79 Å². The van der Waals surface area contributed by atoms with Crippen LogP contribution in [0.25, 0.3) is 0 Å². The van der Waals surface area contributed by atoms with E-state index in [1.165, 1.54) is 32.4 Å². The molecule has 1 heterocycles. The fourth-order valence-electron chi connectivity index (χ4n) is 2.07. The van der Waals surface area contributed by atoms with E-state index in [2.05, 4.69) is 4.90 Å². The molecule has 3 heteroatoms. The van der Waals surface area contributed by atoms with Crippen LogP contribution >= 0.6 is 0 Å². The summed E-state index contributed by atoms with van der Waals surface area (Å²) in [6.45, 7) is 3.25. The average molecular weight is 168 g/mol. The molecule has 1 aliphatic carbocycles. The van der Waals surface area contributed by atoms with E-state index in [0.29, 0.717) is 11.8 Å². The molecule has 2 aliphatic rings. The number of carbonyl (C=O) groups excluding carboxylic acids is 1. The zero-order chi connectivity index (χ0) is 8.60. The second-order valence-electron chi connectivity index (χ2n) is 4.24. The second-order valence-corrected chi connectivity index (χ2v) is 4.24. The van der Waals surface area contributed by atoms with E-state index in [4.69, 9.17) is 5.73 Å². The normalized spacial score (nSPS) is 26.3. The largest absolute Gasteiger partial charge is 0.370 e. The summed E-state index contributed by atoms with van der Waals surface area (Å²) in [4.78, 5) is 12.9. The number of hydrogen-bond acceptors (Lipinski definition) is 2. The van der Waals surface area contributed by atoms with Gasteiger partial charge in [-0.05, 0) is 31.2 Å². The molecule has 0 aromatic heterocycles. The molecule has 0 unspecified atom stereocenters. The van der Waals surface area contributed by atoms with Gasteiger partial charge < -0.3 is 10.6 Å². The monoisotopic (exact) mass is 168 g/mol. The molecule has 1 saturated carbocycles. The molecular weight excluding hydrogens is 152 g/mol. The maximum atomic E-state index is 10.5. The minimum Gasteiger partial charge on any atom is -0.370 e. The molecule has 3 nitrogen and oxygen atoms in total. The summed E-state index contributed by atoms with van der Waals surface area (Å²) in [6, 6.07) is 0. The molecule has 0 bridgehead atoms. The van der Waals surface area contributed by atoms with Gasteiger partial charge in [-0.3, -0.25) is 4.79 Å². The van der Waals surface area contributed by atoms with Gasteiger partial charge >= 0.3 is 0 Å². The van der Waals surface area contributed by atoms with Crippen LogP contribution in [-0.4, -0.2) is 30.4 Å². The van der Waals surface area contributed by atoms with Crippen LogP contribution in [0.1, 0.15) is 25.7 Å². The van der Waals surface area contributed by atoms with Crippen molar-refractivity contribution >= 4 is 5.91 Å². The van der Waals surface area contributed by atoms with E-state index in [1.54, 1.807) is 0 Å². The van der Waals surface area contributed by atoms with Crippen LogP contribution < -0.4 is 5.73 Å². The smallest absolute Gasteiger partial charge is 0.218 e. The third kappa shape index (κ3) is 1.61. The van der Waals surface area contributed by atoms with Crippen molar-refractivity contribution in [1.29, 1.82) is 0 Å². The highest BCUT2D eigenvalue weighted by atomic mass is 16.1. The third-order valence-electron chi connectivity index (χ3n) is 3.15. The Morgan fingerprint density at radius 1 is 1.42 bits per heavy atom. The number of primary amides is 1. The number of carbonyl (C=O) groups is 1. The van der Waals surface area contributed by atoms with Crippen LogP contribution in [-0.2, 0) is 4.79 Å². The Bertz CT molecular complexity index is 199. The quantitative estimate of drug-likeness (QED) is 0.661. The zero-order valence-corrected chi connectivity index (χ0v) is 7.38. The molecule has 0 atom stereocenters. The topological polar surface area (TPSA) is 46.3 Å². The van der Waals surface area contributed by atoms with Gasteiger partial charge in [0.1, 0.15) is 0 Å². The molecule has 1 amide bonds. The Morgan fingerprint density at radius 2 is 2.17 bits per heavy atom. The van der Waals surface area contributed by atoms with Crippen molar-refractivity contribution in [2.75, 3.05) is 19.6 Å². The predicted molar refractivity (Wildman–Crippen MR) is 46.5 cm³/mol. The highest BCUT2D eigenvalue weighted by Crippen LogP contribution is 2.52. The molecule has 68 valence electrons. The molecular formula is C9H16N2O. The van der Waals surface area contributed by atoms with Crippen LogP contribution in [0, 0.1) is 5.41 Å². The fourth-order valence-corrected chi connectivity index (χ4v) is 2.07. The van der Waals surface area contributed by atoms with Gasteiger partial charge in [-0.1, -0.05) is 0 Å². The van der Waals surface area contributed by atoms with Crippen LogP contribution in [0.4, 0.5) is 0 Å². The lowest BCUT2D eigenvalue weighted by Crippen LogP contribution is -2.26. The van der Waals surface area contributed by atoms with Crippen molar-refractivity contribution in [3.05, 3.63) is 0 Å². The molecule has 0 radical (unpaired) electrons. The Hall–Kier alpha value is -0.570. The lowest BCUT2D eigenvalue weighted by Gasteiger charge is -2.13. The lowest BCUT2D eigenvalue weighted by molar-refractivity contribution is -0.118. The predicted octanol–water partition coefficient (Wildman–Crippen LogP) is 0.348. The Morgan fingerprint density at radius 3 is 2.67 bits per heavy atom. The van der Waals surface area contributed by atoms with Gasteiger partial charge in [0.25, 0.3) is 0 Å². The molecule has 1 spiro atoms. The van der Waals surface area contributed by atoms with Gasteiger partial charge in [-0.2, -0.15) is 0 Å². The Kier molecular flexibility index (Phi) is 1.83. The number of rotatable bonds is 3. The fraction of sp³-hybridized carbons (Fsp3) is 0.889. The van der Waals surface area contributed by atoms with Crippen molar-refractivity contribution in [3.8, 4) is 0 Å². The summed E-state index contributed by atoms with van der Waals surface area (Å²) in [6.07, 6.45) is 4.67. The van der Waals surface area contributed by atoms with Gasteiger partial charge in [0.2, 0.25) is 5.91 Å². The van der Waals surface area contributed by atoms with Crippen molar-refractivity contribution in [3.63, 3.8) is 0 Å². The van der Waals surface area contributed by atoms with Crippen molar-refractivity contribution in [2.24, 2.45) is 11.1 Å². The summed E-state index contributed by atoms with van der Waals surface area (Å²) in [5, 5.41) is 0.